The Morgan fingerprint density at radius 1 is 1.07 bits per heavy atom. The number of nitrogens with zero attached hydrogens (tertiary/aromatic N) is 5. The number of carbonyl (C=O) groups excluding carboxylic acids is 2. The van der Waals surface area contributed by atoms with Gasteiger partial charge in [0.15, 0.2) is 5.65 Å². The van der Waals surface area contributed by atoms with Gasteiger partial charge in [0.05, 0.1) is 5.92 Å². The summed E-state index contributed by atoms with van der Waals surface area (Å²) < 4.78 is 1.93. The molecule has 0 spiro atoms. The average Bonchev–Trinajstić information content (AvgIpc) is 3.38. The number of rotatable bonds is 4. The monoisotopic (exact) mass is 370 g/mol. The highest BCUT2D eigenvalue weighted by atomic mass is 16.2. The van der Waals surface area contributed by atoms with Gasteiger partial charge in [0.1, 0.15) is 5.82 Å². The maximum Gasteiger partial charge on any atom is 0.320 e. The standard InChI is InChI=1S/C19H26N6O2/c26-18(20-9-8-17-22-21-16-7-1-2-13-25(16)17)15-6-5-12-24(14-15)19(27)23-10-3-4-11-23/h1-2,7,13,15H,3-6,8-12,14H2,(H,20,26). The Kier molecular flexibility index (Phi) is 5.22. The first-order valence-corrected chi connectivity index (χ1v) is 9.82. The summed E-state index contributed by atoms with van der Waals surface area (Å²) in [7, 11) is 0. The van der Waals surface area contributed by atoms with Gasteiger partial charge in [-0.1, -0.05) is 6.07 Å². The van der Waals surface area contributed by atoms with Crippen LogP contribution in [0.4, 0.5) is 4.79 Å². The summed E-state index contributed by atoms with van der Waals surface area (Å²) in [6, 6.07) is 5.86. The number of carbonyl (C=O) groups is 2. The molecule has 2 saturated heterocycles. The lowest BCUT2D eigenvalue weighted by Gasteiger charge is -2.34. The molecule has 3 amide bonds. The fourth-order valence-corrected chi connectivity index (χ4v) is 3.98. The third kappa shape index (κ3) is 3.89. The van der Waals surface area contributed by atoms with Gasteiger partial charge in [-0.25, -0.2) is 4.79 Å². The maximum atomic E-state index is 12.6. The molecule has 2 aromatic rings. The molecular weight excluding hydrogens is 344 g/mol. The van der Waals surface area contributed by atoms with Gasteiger partial charge in [0.2, 0.25) is 5.91 Å². The Hall–Kier alpha value is -2.64. The minimum absolute atomic E-state index is 0.0303. The van der Waals surface area contributed by atoms with Crippen molar-refractivity contribution < 1.29 is 9.59 Å². The van der Waals surface area contributed by atoms with Crippen LogP contribution in [0.25, 0.3) is 5.65 Å². The molecule has 8 heteroatoms. The van der Waals surface area contributed by atoms with Gasteiger partial charge in [0, 0.05) is 45.3 Å². The van der Waals surface area contributed by atoms with E-state index in [-0.39, 0.29) is 17.9 Å². The van der Waals surface area contributed by atoms with Crippen LogP contribution in [-0.2, 0) is 11.2 Å². The molecule has 2 aliphatic rings. The molecule has 1 N–H and O–H groups in total. The first-order chi connectivity index (χ1) is 13.2. The van der Waals surface area contributed by atoms with Crippen LogP contribution in [0.5, 0.6) is 0 Å². The summed E-state index contributed by atoms with van der Waals surface area (Å²) in [6.45, 7) is 3.49. The number of nitrogens with one attached hydrogen (secondary N) is 1. The van der Waals surface area contributed by atoms with E-state index >= 15 is 0 Å². The normalized spacial score (nSPS) is 20.2. The number of fused-ring (bicyclic) bond motifs is 1. The summed E-state index contributed by atoms with van der Waals surface area (Å²) in [5.41, 5.74) is 0.808. The van der Waals surface area contributed by atoms with E-state index in [9.17, 15) is 9.59 Å². The highest BCUT2D eigenvalue weighted by Crippen LogP contribution is 2.20. The van der Waals surface area contributed by atoms with Crippen LogP contribution in [0, 0.1) is 5.92 Å². The van der Waals surface area contributed by atoms with E-state index in [1.165, 1.54) is 0 Å². The van der Waals surface area contributed by atoms with Gasteiger partial charge in [-0.15, -0.1) is 10.2 Å². The van der Waals surface area contributed by atoms with Crippen molar-refractivity contribution in [3.8, 4) is 0 Å². The summed E-state index contributed by atoms with van der Waals surface area (Å²) in [5.74, 6) is 0.739. The fourth-order valence-electron chi connectivity index (χ4n) is 3.98. The van der Waals surface area contributed by atoms with Crippen LogP contribution in [0.2, 0.25) is 0 Å². The molecule has 144 valence electrons. The number of hydrogen-bond acceptors (Lipinski definition) is 4. The van der Waals surface area contributed by atoms with E-state index in [4.69, 9.17) is 0 Å². The predicted molar refractivity (Wildman–Crippen MR) is 100 cm³/mol. The van der Waals surface area contributed by atoms with Crippen LogP contribution in [0.3, 0.4) is 0 Å². The molecule has 8 nitrogen and oxygen atoms in total. The first kappa shape index (κ1) is 17.8. The highest BCUT2D eigenvalue weighted by Gasteiger charge is 2.31. The lowest BCUT2D eigenvalue weighted by molar-refractivity contribution is -0.126. The second-order valence-corrected chi connectivity index (χ2v) is 7.35. The molecule has 1 atom stereocenters. The number of amides is 3. The van der Waals surface area contributed by atoms with E-state index in [2.05, 4.69) is 15.5 Å². The Bertz CT molecular complexity index is 813. The third-order valence-electron chi connectivity index (χ3n) is 5.47. The number of pyridine rings is 1. The van der Waals surface area contributed by atoms with Gasteiger partial charge in [-0.05, 0) is 37.8 Å². The zero-order valence-electron chi connectivity index (χ0n) is 15.5. The smallest absolute Gasteiger partial charge is 0.320 e. The molecule has 0 radical (unpaired) electrons. The molecule has 0 bridgehead atoms. The molecule has 0 aliphatic carbocycles. The second-order valence-electron chi connectivity index (χ2n) is 7.35. The molecular formula is C19H26N6O2. The van der Waals surface area contributed by atoms with E-state index in [1.54, 1.807) is 0 Å². The zero-order valence-corrected chi connectivity index (χ0v) is 15.5. The van der Waals surface area contributed by atoms with Crippen LogP contribution >= 0.6 is 0 Å². The fraction of sp³-hybridized carbons (Fsp3) is 0.579. The maximum absolute atomic E-state index is 12.6. The van der Waals surface area contributed by atoms with Gasteiger partial charge in [-0.2, -0.15) is 0 Å². The van der Waals surface area contributed by atoms with Crippen molar-refractivity contribution in [1.82, 2.24) is 29.7 Å². The van der Waals surface area contributed by atoms with Crippen molar-refractivity contribution in [3.05, 3.63) is 30.2 Å². The van der Waals surface area contributed by atoms with Crippen molar-refractivity contribution in [3.63, 3.8) is 0 Å². The largest absolute Gasteiger partial charge is 0.355 e. The van der Waals surface area contributed by atoms with Crippen LogP contribution in [0.1, 0.15) is 31.5 Å². The molecule has 0 saturated carbocycles. The predicted octanol–water partition coefficient (Wildman–Crippen LogP) is 1.32. The highest BCUT2D eigenvalue weighted by molar-refractivity contribution is 5.81. The number of hydrogen-bond donors (Lipinski definition) is 1. The van der Waals surface area contributed by atoms with Crippen molar-refractivity contribution in [2.45, 2.75) is 32.1 Å². The molecule has 2 aliphatic heterocycles. The minimum atomic E-state index is -0.125. The third-order valence-corrected chi connectivity index (χ3v) is 5.47. The van der Waals surface area contributed by atoms with Gasteiger partial charge < -0.3 is 15.1 Å². The molecule has 27 heavy (non-hydrogen) atoms. The lowest BCUT2D eigenvalue weighted by atomic mass is 9.97. The SMILES string of the molecule is O=C(NCCc1nnc2ccccn12)C1CCCN(C(=O)N2CCCC2)C1. The topological polar surface area (TPSA) is 82.8 Å². The Balaban J connectivity index is 1.28. The van der Waals surface area contributed by atoms with Crippen molar-refractivity contribution in [1.29, 1.82) is 0 Å². The lowest BCUT2D eigenvalue weighted by Crippen LogP contribution is -2.49. The summed E-state index contributed by atoms with van der Waals surface area (Å²) in [5, 5.41) is 11.3. The second kappa shape index (κ2) is 7.94. The Labute approximate surface area is 158 Å². The molecule has 4 heterocycles. The summed E-state index contributed by atoms with van der Waals surface area (Å²) in [6.07, 6.45) is 6.44. The molecule has 4 rings (SSSR count). The summed E-state index contributed by atoms with van der Waals surface area (Å²) in [4.78, 5) is 28.9. The van der Waals surface area contributed by atoms with Gasteiger partial charge in [0.25, 0.3) is 0 Å². The van der Waals surface area contributed by atoms with Crippen LogP contribution in [-0.4, -0.2) is 69.1 Å². The Morgan fingerprint density at radius 2 is 1.89 bits per heavy atom. The minimum Gasteiger partial charge on any atom is -0.355 e. The van der Waals surface area contributed by atoms with Crippen molar-refractivity contribution in [2.24, 2.45) is 5.92 Å². The van der Waals surface area contributed by atoms with E-state index in [0.717, 1.165) is 56.8 Å². The quantitative estimate of drug-likeness (QED) is 0.880. The summed E-state index contributed by atoms with van der Waals surface area (Å²) >= 11 is 0. The molecule has 2 fully saturated rings. The number of likely N-dealkylation sites (tertiary alicyclic amines) is 2. The number of urea groups is 1. The van der Waals surface area contributed by atoms with Crippen molar-refractivity contribution in [2.75, 3.05) is 32.7 Å². The average molecular weight is 370 g/mol. The molecule has 1 unspecified atom stereocenters. The van der Waals surface area contributed by atoms with Crippen LogP contribution in [0.15, 0.2) is 24.4 Å². The first-order valence-electron chi connectivity index (χ1n) is 9.82. The molecule has 2 aromatic heterocycles. The van der Waals surface area contributed by atoms with E-state index < -0.39 is 0 Å². The zero-order chi connectivity index (χ0) is 18.6. The van der Waals surface area contributed by atoms with Crippen molar-refractivity contribution >= 4 is 17.6 Å². The molecule has 0 aromatic carbocycles. The Morgan fingerprint density at radius 3 is 2.74 bits per heavy atom. The van der Waals surface area contributed by atoms with E-state index in [1.807, 2.05) is 38.6 Å². The van der Waals surface area contributed by atoms with Gasteiger partial charge in [-0.3, -0.25) is 9.20 Å². The van der Waals surface area contributed by atoms with E-state index in [0.29, 0.717) is 19.5 Å². The van der Waals surface area contributed by atoms with Crippen LogP contribution < -0.4 is 5.32 Å². The number of aromatic nitrogens is 3. The number of piperidine rings is 1. The van der Waals surface area contributed by atoms with Gasteiger partial charge >= 0.3 is 6.03 Å².